The van der Waals surface area contributed by atoms with Crippen LogP contribution in [0.25, 0.3) is 0 Å². The van der Waals surface area contributed by atoms with E-state index in [1.54, 1.807) is 30.3 Å². The van der Waals surface area contributed by atoms with Gasteiger partial charge in [0.2, 0.25) is 15.9 Å². The van der Waals surface area contributed by atoms with Gasteiger partial charge in [0.25, 0.3) is 0 Å². The third-order valence-electron chi connectivity index (χ3n) is 4.76. The molecular formula is C22H27N3O4S. The Morgan fingerprint density at radius 1 is 1.17 bits per heavy atom. The van der Waals surface area contributed by atoms with Gasteiger partial charge in [-0.05, 0) is 35.4 Å². The van der Waals surface area contributed by atoms with E-state index in [0.717, 1.165) is 28.8 Å². The predicted molar refractivity (Wildman–Crippen MR) is 118 cm³/mol. The highest BCUT2D eigenvalue weighted by molar-refractivity contribution is 7.92. The second kappa shape index (κ2) is 8.10. The summed E-state index contributed by atoms with van der Waals surface area (Å²) in [5, 5.41) is 6.20. The number of carbonyl (C=O) groups excluding carboxylic acids is 1. The van der Waals surface area contributed by atoms with Gasteiger partial charge in [-0.15, -0.1) is 0 Å². The summed E-state index contributed by atoms with van der Waals surface area (Å²) in [6, 6.07) is 14.4. The molecule has 0 aromatic heterocycles. The third-order valence-corrected chi connectivity index (χ3v) is 5.37. The van der Waals surface area contributed by atoms with Crippen LogP contribution in [-0.2, 0) is 14.8 Å². The van der Waals surface area contributed by atoms with Crippen LogP contribution >= 0.6 is 0 Å². The number of nitrogens with zero attached hydrogens (tertiary/aromatic N) is 2. The molecule has 1 amide bonds. The molecule has 0 bridgehead atoms. The van der Waals surface area contributed by atoms with Gasteiger partial charge in [-0.25, -0.2) is 13.4 Å². The van der Waals surface area contributed by atoms with E-state index < -0.39 is 15.4 Å². The van der Waals surface area contributed by atoms with Crippen LogP contribution < -0.4 is 9.46 Å². The summed E-state index contributed by atoms with van der Waals surface area (Å²) >= 11 is 0. The van der Waals surface area contributed by atoms with Gasteiger partial charge in [-0.2, -0.15) is 5.10 Å². The van der Waals surface area contributed by atoms with Crippen LogP contribution in [0.4, 0.5) is 5.69 Å². The molecule has 0 aliphatic carbocycles. The Labute approximate surface area is 177 Å². The minimum atomic E-state index is -3.39. The number of anilines is 1. The maximum absolute atomic E-state index is 13.1. The summed E-state index contributed by atoms with van der Waals surface area (Å²) in [5.41, 5.74) is 2.32. The first-order valence-electron chi connectivity index (χ1n) is 9.61. The largest absolute Gasteiger partial charge is 0.497 e. The first kappa shape index (κ1) is 21.8. The van der Waals surface area contributed by atoms with Crippen LogP contribution in [0.3, 0.4) is 0 Å². The molecule has 1 unspecified atom stereocenters. The zero-order valence-electron chi connectivity index (χ0n) is 17.8. The standard InChI is InChI=1S/C22H27N3O4S/c1-22(2,3)21(26)25-20(15-9-11-18(29-4)12-10-15)14-19(23-25)16-7-6-8-17(13-16)24-30(5,27)28/h6-13,20,24H,14H2,1-5H3. The Morgan fingerprint density at radius 3 is 2.40 bits per heavy atom. The Morgan fingerprint density at radius 2 is 1.83 bits per heavy atom. The van der Waals surface area contributed by atoms with E-state index >= 15 is 0 Å². The number of nitrogens with one attached hydrogen (secondary N) is 1. The maximum Gasteiger partial charge on any atom is 0.248 e. The molecule has 0 radical (unpaired) electrons. The minimum absolute atomic E-state index is 0.0799. The van der Waals surface area contributed by atoms with Crippen molar-refractivity contribution < 1.29 is 17.9 Å². The van der Waals surface area contributed by atoms with Crippen molar-refractivity contribution in [3.8, 4) is 5.75 Å². The number of hydrogen-bond donors (Lipinski definition) is 1. The number of carbonyl (C=O) groups is 1. The average Bonchev–Trinajstić information content (AvgIpc) is 3.11. The second-order valence-corrected chi connectivity index (χ2v) is 10.1. The van der Waals surface area contributed by atoms with Crippen molar-refractivity contribution >= 4 is 27.3 Å². The van der Waals surface area contributed by atoms with Crippen molar-refractivity contribution in [2.24, 2.45) is 10.5 Å². The van der Waals surface area contributed by atoms with Crippen molar-refractivity contribution in [2.45, 2.75) is 33.2 Å². The number of hydrogen-bond acceptors (Lipinski definition) is 5. The highest BCUT2D eigenvalue weighted by atomic mass is 32.2. The zero-order chi connectivity index (χ0) is 22.1. The zero-order valence-corrected chi connectivity index (χ0v) is 18.7. The lowest BCUT2D eigenvalue weighted by atomic mass is 9.93. The molecule has 2 aromatic carbocycles. The number of rotatable bonds is 5. The topological polar surface area (TPSA) is 88.1 Å². The summed E-state index contributed by atoms with van der Waals surface area (Å²) in [6.07, 6.45) is 1.63. The number of benzene rings is 2. The third kappa shape index (κ3) is 4.99. The molecule has 1 atom stereocenters. The van der Waals surface area contributed by atoms with Crippen molar-refractivity contribution in [1.29, 1.82) is 0 Å². The lowest BCUT2D eigenvalue weighted by Gasteiger charge is -2.28. The summed E-state index contributed by atoms with van der Waals surface area (Å²) in [6.45, 7) is 5.60. The highest BCUT2D eigenvalue weighted by Crippen LogP contribution is 2.36. The molecular weight excluding hydrogens is 402 g/mol. The molecule has 2 aromatic rings. The number of hydrazone groups is 1. The van der Waals surface area contributed by atoms with Crippen LogP contribution in [0.1, 0.15) is 44.4 Å². The van der Waals surface area contributed by atoms with Crippen LogP contribution in [0.15, 0.2) is 53.6 Å². The van der Waals surface area contributed by atoms with Crippen LogP contribution in [0.2, 0.25) is 0 Å². The highest BCUT2D eigenvalue weighted by Gasteiger charge is 2.38. The second-order valence-electron chi connectivity index (χ2n) is 8.39. The smallest absolute Gasteiger partial charge is 0.248 e. The Bertz CT molecular complexity index is 1070. The molecule has 30 heavy (non-hydrogen) atoms. The number of ether oxygens (including phenoxy) is 1. The molecule has 7 nitrogen and oxygen atoms in total. The van der Waals surface area contributed by atoms with Crippen LogP contribution in [0.5, 0.6) is 5.75 Å². The first-order valence-corrected chi connectivity index (χ1v) is 11.5. The van der Waals surface area contributed by atoms with Crippen LogP contribution in [0, 0.1) is 5.41 Å². The van der Waals surface area contributed by atoms with Crippen molar-refractivity contribution in [3.05, 3.63) is 59.7 Å². The lowest BCUT2D eigenvalue weighted by molar-refractivity contribution is -0.141. The number of amides is 1. The summed E-state index contributed by atoms with van der Waals surface area (Å²) in [5.74, 6) is 0.662. The van der Waals surface area contributed by atoms with Gasteiger partial charge < -0.3 is 4.74 Å². The van der Waals surface area contributed by atoms with Gasteiger partial charge >= 0.3 is 0 Å². The van der Waals surface area contributed by atoms with Crippen molar-refractivity contribution in [2.75, 3.05) is 18.1 Å². The monoisotopic (exact) mass is 429 g/mol. The molecule has 1 heterocycles. The molecule has 8 heteroatoms. The SMILES string of the molecule is COc1ccc(C2CC(c3cccc(NS(C)(=O)=O)c3)=NN2C(=O)C(C)(C)C)cc1. The van der Waals surface area contributed by atoms with E-state index in [1.165, 1.54) is 0 Å². The minimum Gasteiger partial charge on any atom is -0.497 e. The molecule has 1 N–H and O–H groups in total. The first-order chi connectivity index (χ1) is 14.0. The Hall–Kier alpha value is -2.87. The Kier molecular flexibility index (Phi) is 5.90. The van der Waals surface area contributed by atoms with Crippen LogP contribution in [-0.4, -0.2) is 38.4 Å². The van der Waals surface area contributed by atoms with Crippen molar-refractivity contribution in [1.82, 2.24) is 5.01 Å². The molecule has 0 fully saturated rings. The van der Waals surface area contributed by atoms with Crippen molar-refractivity contribution in [3.63, 3.8) is 0 Å². The van der Waals surface area contributed by atoms with E-state index in [0.29, 0.717) is 12.1 Å². The lowest BCUT2D eigenvalue weighted by Crippen LogP contribution is -2.36. The average molecular weight is 430 g/mol. The predicted octanol–water partition coefficient (Wildman–Crippen LogP) is 3.79. The fourth-order valence-electron chi connectivity index (χ4n) is 3.28. The van der Waals surface area contributed by atoms with E-state index in [9.17, 15) is 13.2 Å². The molecule has 0 saturated carbocycles. The van der Waals surface area contributed by atoms with Gasteiger partial charge in [-0.1, -0.05) is 45.0 Å². The number of methoxy groups -OCH3 is 1. The number of sulfonamides is 1. The van der Waals surface area contributed by atoms with E-state index in [2.05, 4.69) is 9.82 Å². The van der Waals surface area contributed by atoms with Gasteiger partial charge in [0.1, 0.15) is 5.75 Å². The fourth-order valence-corrected chi connectivity index (χ4v) is 3.83. The van der Waals surface area contributed by atoms with E-state index in [4.69, 9.17) is 4.74 Å². The van der Waals surface area contributed by atoms with Gasteiger partial charge in [0.05, 0.1) is 25.1 Å². The van der Waals surface area contributed by atoms with E-state index in [-0.39, 0.29) is 11.9 Å². The van der Waals surface area contributed by atoms with Gasteiger partial charge in [0, 0.05) is 17.5 Å². The van der Waals surface area contributed by atoms with Gasteiger partial charge in [-0.3, -0.25) is 9.52 Å². The molecule has 1 aliphatic rings. The molecule has 0 spiro atoms. The van der Waals surface area contributed by atoms with Gasteiger partial charge in [0.15, 0.2) is 0 Å². The quantitative estimate of drug-likeness (QED) is 0.783. The summed E-state index contributed by atoms with van der Waals surface area (Å²) < 4.78 is 30.9. The molecule has 160 valence electrons. The Balaban J connectivity index is 1.98. The fraction of sp³-hybridized carbons (Fsp3) is 0.364. The summed E-state index contributed by atoms with van der Waals surface area (Å²) in [4.78, 5) is 13.1. The molecule has 0 saturated heterocycles. The molecule has 3 rings (SSSR count). The normalized spacial score (nSPS) is 16.9. The summed E-state index contributed by atoms with van der Waals surface area (Å²) in [7, 11) is -1.78. The maximum atomic E-state index is 13.1. The van der Waals surface area contributed by atoms with E-state index in [1.807, 2.05) is 51.1 Å². The molecule has 1 aliphatic heterocycles.